The summed E-state index contributed by atoms with van der Waals surface area (Å²) >= 11 is 1.57. The van der Waals surface area contributed by atoms with E-state index in [2.05, 4.69) is 5.32 Å². The van der Waals surface area contributed by atoms with E-state index in [4.69, 9.17) is 0 Å². The molecule has 0 aliphatic carbocycles. The maximum Gasteiger partial charge on any atom is 0.244 e. The van der Waals surface area contributed by atoms with Crippen molar-refractivity contribution >= 4 is 23.3 Å². The SMILES string of the molecule is CCCNC(=O)/C=C/c1ccc(-c2ccc(F)cc2)s1. The number of carbonyl (C=O) groups is 1. The molecule has 1 aromatic carbocycles. The van der Waals surface area contributed by atoms with Crippen LogP contribution in [0.4, 0.5) is 4.39 Å². The number of hydrogen-bond donors (Lipinski definition) is 1. The molecular formula is C16H16FNOS. The highest BCUT2D eigenvalue weighted by molar-refractivity contribution is 7.16. The predicted molar refractivity (Wildman–Crippen MR) is 82.0 cm³/mol. The lowest BCUT2D eigenvalue weighted by Crippen LogP contribution is -2.21. The Morgan fingerprint density at radius 2 is 2.00 bits per heavy atom. The molecule has 2 nitrogen and oxygen atoms in total. The molecule has 2 rings (SSSR count). The fourth-order valence-corrected chi connectivity index (χ4v) is 2.59. The lowest BCUT2D eigenvalue weighted by molar-refractivity contribution is -0.116. The van der Waals surface area contributed by atoms with Crippen LogP contribution in [0.2, 0.25) is 0 Å². The highest BCUT2D eigenvalue weighted by Crippen LogP contribution is 2.28. The summed E-state index contributed by atoms with van der Waals surface area (Å²) in [5.74, 6) is -0.318. The molecule has 0 unspecified atom stereocenters. The fourth-order valence-electron chi connectivity index (χ4n) is 1.68. The van der Waals surface area contributed by atoms with Gasteiger partial charge < -0.3 is 5.32 Å². The van der Waals surface area contributed by atoms with Crippen LogP contribution >= 0.6 is 11.3 Å². The standard InChI is InChI=1S/C16H16FNOS/c1-2-11-18-16(19)10-8-14-7-9-15(20-14)12-3-5-13(17)6-4-12/h3-10H,2,11H2,1H3,(H,18,19)/b10-8+. The lowest BCUT2D eigenvalue weighted by atomic mass is 10.2. The molecule has 1 N–H and O–H groups in total. The van der Waals surface area contributed by atoms with Crippen LogP contribution in [-0.4, -0.2) is 12.5 Å². The van der Waals surface area contributed by atoms with E-state index >= 15 is 0 Å². The lowest BCUT2D eigenvalue weighted by Gasteiger charge is -1.97. The van der Waals surface area contributed by atoms with Crippen molar-refractivity contribution in [2.75, 3.05) is 6.54 Å². The van der Waals surface area contributed by atoms with Crippen LogP contribution in [0, 0.1) is 5.82 Å². The molecule has 4 heteroatoms. The van der Waals surface area contributed by atoms with E-state index in [-0.39, 0.29) is 11.7 Å². The van der Waals surface area contributed by atoms with Crippen molar-refractivity contribution in [3.8, 4) is 10.4 Å². The van der Waals surface area contributed by atoms with Gasteiger partial charge in [0, 0.05) is 22.4 Å². The molecule has 1 aromatic heterocycles. The quantitative estimate of drug-likeness (QED) is 0.825. The molecule has 0 saturated carbocycles. The van der Waals surface area contributed by atoms with Crippen molar-refractivity contribution in [2.45, 2.75) is 13.3 Å². The summed E-state index contributed by atoms with van der Waals surface area (Å²) < 4.78 is 12.9. The van der Waals surface area contributed by atoms with Crippen molar-refractivity contribution in [3.63, 3.8) is 0 Å². The number of halogens is 1. The molecule has 0 aliphatic rings. The van der Waals surface area contributed by atoms with Gasteiger partial charge in [0.15, 0.2) is 0 Å². The van der Waals surface area contributed by atoms with Gasteiger partial charge in [0.1, 0.15) is 5.82 Å². The molecular weight excluding hydrogens is 273 g/mol. The van der Waals surface area contributed by atoms with E-state index in [1.165, 1.54) is 18.2 Å². The minimum atomic E-state index is -0.238. The zero-order valence-electron chi connectivity index (χ0n) is 11.2. The third kappa shape index (κ3) is 4.03. The summed E-state index contributed by atoms with van der Waals surface area (Å²) in [5, 5.41) is 2.78. The number of amides is 1. The topological polar surface area (TPSA) is 29.1 Å². The first-order chi connectivity index (χ1) is 9.69. The van der Waals surface area contributed by atoms with E-state index in [1.54, 1.807) is 29.5 Å². The van der Waals surface area contributed by atoms with Gasteiger partial charge in [-0.2, -0.15) is 0 Å². The van der Waals surface area contributed by atoms with Gasteiger partial charge in [-0.05, 0) is 42.3 Å². The second-order valence-corrected chi connectivity index (χ2v) is 5.45. The Labute approximate surface area is 122 Å². The van der Waals surface area contributed by atoms with Crippen molar-refractivity contribution in [1.82, 2.24) is 5.32 Å². The molecule has 0 radical (unpaired) electrons. The zero-order valence-corrected chi connectivity index (χ0v) is 12.0. The Kier molecular flexibility index (Phi) is 5.07. The highest BCUT2D eigenvalue weighted by Gasteiger charge is 2.02. The summed E-state index contributed by atoms with van der Waals surface area (Å²) in [6, 6.07) is 10.3. The van der Waals surface area contributed by atoms with Crippen LogP contribution < -0.4 is 5.32 Å². The molecule has 0 saturated heterocycles. The van der Waals surface area contributed by atoms with E-state index in [0.717, 1.165) is 21.7 Å². The average Bonchev–Trinajstić information content (AvgIpc) is 2.92. The van der Waals surface area contributed by atoms with Crippen molar-refractivity contribution in [2.24, 2.45) is 0 Å². The Balaban J connectivity index is 2.04. The van der Waals surface area contributed by atoms with Crippen LogP contribution in [0.1, 0.15) is 18.2 Å². The molecule has 1 amide bonds. The van der Waals surface area contributed by atoms with Crippen LogP contribution in [-0.2, 0) is 4.79 Å². The molecule has 0 aliphatic heterocycles. The Bertz CT molecular complexity index is 601. The summed E-state index contributed by atoms with van der Waals surface area (Å²) in [5.41, 5.74) is 0.978. The third-order valence-corrected chi connectivity index (χ3v) is 3.80. The van der Waals surface area contributed by atoms with Gasteiger partial charge in [-0.1, -0.05) is 19.1 Å². The summed E-state index contributed by atoms with van der Waals surface area (Å²) in [7, 11) is 0. The van der Waals surface area contributed by atoms with Gasteiger partial charge in [0.2, 0.25) is 5.91 Å². The van der Waals surface area contributed by atoms with Crippen LogP contribution in [0.25, 0.3) is 16.5 Å². The minimum absolute atomic E-state index is 0.0800. The predicted octanol–water partition coefficient (Wildman–Crippen LogP) is 4.09. The van der Waals surface area contributed by atoms with Gasteiger partial charge in [0.25, 0.3) is 0 Å². The second kappa shape index (κ2) is 7.01. The monoisotopic (exact) mass is 289 g/mol. The maximum atomic E-state index is 12.9. The number of carbonyl (C=O) groups excluding carboxylic acids is 1. The van der Waals surface area contributed by atoms with Crippen molar-refractivity contribution in [1.29, 1.82) is 0 Å². The number of hydrogen-bond acceptors (Lipinski definition) is 2. The van der Waals surface area contributed by atoms with Gasteiger partial charge in [-0.3, -0.25) is 4.79 Å². The smallest absolute Gasteiger partial charge is 0.244 e. The average molecular weight is 289 g/mol. The van der Waals surface area contributed by atoms with E-state index in [9.17, 15) is 9.18 Å². The summed E-state index contributed by atoms with van der Waals surface area (Å²) in [6.45, 7) is 2.70. The molecule has 1 heterocycles. The molecule has 104 valence electrons. The van der Waals surface area contributed by atoms with E-state index in [0.29, 0.717) is 6.54 Å². The minimum Gasteiger partial charge on any atom is -0.353 e. The maximum absolute atomic E-state index is 12.9. The first-order valence-electron chi connectivity index (χ1n) is 6.50. The van der Waals surface area contributed by atoms with Gasteiger partial charge in [-0.25, -0.2) is 4.39 Å². The van der Waals surface area contributed by atoms with Crippen LogP contribution in [0.3, 0.4) is 0 Å². The molecule has 0 spiro atoms. The fraction of sp³-hybridized carbons (Fsp3) is 0.188. The van der Waals surface area contributed by atoms with Crippen LogP contribution in [0.5, 0.6) is 0 Å². The zero-order chi connectivity index (χ0) is 14.4. The number of rotatable bonds is 5. The molecule has 0 bridgehead atoms. The second-order valence-electron chi connectivity index (χ2n) is 4.33. The van der Waals surface area contributed by atoms with Crippen molar-refractivity contribution < 1.29 is 9.18 Å². The highest BCUT2D eigenvalue weighted by atomic mass is 32.1. The Hall–Kier alpha value is -1.94. The van der Waals surface area contributed by atoms with E-state index in [1.807, 2.05) is 19.1 Å². The number of nitrogens with one attached hydrogen (secondary N) is 1. The normalized spacial score (nSPS) is 10.9. The Morgan fingerprint density at radius 3 is 2.70 bits per heavy atom. The van der Waals surface area contributed by atoms with Crippen LogP contribution in [0.15, 0.2) is 42.5 Å². The van der Waals surface area contributed by atoms with Gasteiger partial charge in [0.05, 0.1) is 0 Å². The molecule has 2 aromatic rings. The number of thiophene rings is 1. The van der Waals surface area contributed by atoms with Gasteiger partial charge >= 0.3 is 0 Å². The summed E-state index contributed by atoms with van der Waals surface area (Å²) in [6.07, 6.45) is 4.26. The first-order valence-corrected chi connectivity index (χ1v) is 7.32. The molecule has 0 atom stereocenters. The van der Waals surface area contributed by atoms with Gasteiger partial charge in [-0.15, -0.1) is 11.3 Å². The molecule has 20 heavy (non-hydrogen) atoms. The number of benzene rings is 1. The van der Waals surface area contributed by atoms with E-state index < -0.39 is 0 Å². The Morgan fingerprint density at radius 1 is 1.25 bits per heavy atom. The third-order valence-electron chi connectivity index (χ3n) is 2.70. The molecule has 0 fully saturated rings. The largest absolute Gasteiger partial charge is 0.353 e. The summed E-state index contributed by atoms with van der Waals surface area (Å²) in [4.78, 5) is 13.5. The van der Waals surface area contributed by atoms with Crippen molar-refractivity contribution in [3.05, 3.63) is 53.2 Å². The first kappa shape index (κ1) is 14.5.